The van der Waals surface area contributed by atoms with Crippen LogP contribution in [0.5, 0.6) is 11.5 Å². The third-order valence-corrected chi connectivity index (χ3v) is 4.90. The van der Waals surface area contributed by atoms with E-state index < -0.39 is 11.5 Å². The molecule has 0 unspecified atom stereocenters. The summed E-state index contributed by atoms with van der Waals surface area (Å²) in [6.07, 6.45) is 0. The smallest absolute Gasteiger partial charge is 0.267 e. The number of nitrogens with one attached hydrogen (secondary N) is 1. The van der Waals surface area contributed by atoms with E-state index >= 15 is 0 Å². The maximum atomic E-state index is 12.7. The highest BCUT2D eigenvalue weighted by atomic mass is 32.1. The standard InChI is InChI=1S/C18H18N2O4S/c1-4-20-12-7-8-25-16(12)15(21)14(18(20)23)17(22)19-11-9-10(2)5-6-13(11)24-3/h5-9,21H,4H2,1-3H3,(H,19,22). The molecule has 0 fully saturated rings. The number of amides is 1. The first kappa shape index (κ1) is 17.0. The van der Waals surface area contributed by atoms with Crippen LogP contribution in [0.4, 0.5) is 5.69 Å². The number of aryl methyl sites for hydroxylation is 2. The number of carbonyl (C=O) groups is 1. The highest BCUT2D eigenvalue weighted by Gasteiger charge is 2.23. The van der Waals surface area contributed by atoms with Crippen molar-refractivity contribution in [2.75, 3.05) is 12.4 Å². The summed E-state index contributed by atoms with van der Waals surface area (Å²) in [4.78, 5) is 25.4. The highest BCUT2D eigenvalue weighted by Crippen LogP contribution is 2.32. The number of methoxy groups -OCH3 is 1. The minimum Gasteiger partial charge on any atom is -0.505 e. The number of anilines is 1. The molecule has 0 aliphatic carbocycles. The van der Waals surface area contributed by atoms with Gasteiger partial charge in [0.25, 0.3) is 11.5 Å². The molecule has 6 nitrogen and oxygen atoms in total. The van der Waals surface area contributed by atoms with Crippen LogP contribution in [0, 0.1) is 6.92 Å². The van der Waals surface area contributed by atoms with Gasteiger partial charge in [-0.1, -0.05) is 6.07 Å². The Morgan fingerprint density at radius 2 is 2.12 bits per heavy atom. The van der Waals surface area contributed by atoms with Crippen molar-refractivity contribution >= 4 is 33.1 Å². The van der Waals surface area contributed by atoms with Crippen LogP contribution >= 0.6 is 11.3 Å². The first-order valence-corrected chi connectivity index (χ1v) is 8.64. The fraction of sp³-hybridized carbons (Fsp3) is 0.222. The average molecular weight is 358 g/mol. The largest absolute Gasteiger partial charge is 0.505 e. The van der Waals surface area contributed by atoms with E-state index in [2.05, 4.69) is 5.32 Å². The van der Waals surface area contributed by atoms with E-state index in [1.54, 1.807) is 23.6 Å². The van der Waals surface area contributed by atoms with E-state index in [0.29, 0.717) is 28.2 Å². The van der Waals surface area contributed by atoms with Crippen LogP contribution in [0.1, 0.15) is 22.8 Å². The van der Waals surface area contributed by atoms with Crippen molar-refractivity contribution in [2.24, 2.45) is 0 Å². The van der Waals surface area contributed by atoms with Crippen LogP contribution < -0.4 is 15.6 Å². The molecular weight excluding hydrogens is 340 g/mol. The molecule has 0 bridgehead atoms. The van der Waals surface area contributed by atoms with Gasteiger partial charge in [0, 0.05) is 6.54 Å². The predicted molar refractivity (Wildman–Crippen MR) is 99.1 cm³/mol. The molecular formula is C18H18N2O4S. The third kappa shape index (κ3) is 2.87. The van der Waals surface area contributed by atoms with Crippen LogP contribution in [-0.4, -0.2) is 22.7 Å². The molecule has 2 heterocycles. The van der Waals surface area contributed by atoms with Gasteiger partial charge in [0.05, 0.1) is 23.0 Å². The zero-order valence-electron chi connectivity index (χ0n) is 14.1. The second-order valence-corrected chi connectivity index (χ2v) is 6.48. The monoisotopic (exact) mass is 358 g/mol. The number of hydrogen-bond acceptors (Lipinski definition) is 5. The molecule has 2 aromatic heterocycles. The van der Waals surface area contributed by atoms with Gasteiger partial charge in [-0.3, -0.25) is 9.59 Å². The SMILES string of the molecule is CCn1c(=O)c(C(=O)Nc2cc(C)ccc2OC)c(O)c2sccc21. The molecule has 130 valence electrons. The number of ether oxygens (including phenoxy) is 1. The first-order valence-electron chi connectivity index (χ1n) is 7.76. The summed E-state index contributed by atoms with van der Waals surface area (Å²) in [5.74, 6) is -0.473. The minimum atomic E-state index is -0.663. The van der Waals surface area contributed by atoms with Crippen molar-refractivity contribution in [2.45, 2.75) is 20.4 Å². The Morgan fingerprint density at radius 3 is 2.80 bits per heavy atom. The lowest BCUT2D eigenvalue weighted by Gasteiger charge is -2.13. The fourth-order valence-corrected chi connectivity index (χ4v) is 3.62. The van der Waals surface area contributed by atoms with E-state index in [-0.39, 0.29) is 11.3 Å². The summed E-state index contributed by atoms with van der Waals surface area (Å²) >= 11 is 1.29. The number of nitrogens with zero attached hydrogens (tertiary/aromatic N) is 1. The van der Waals surface area contributed by atoms with Crippen molar-refractivity contribution in [3.8, 4) is 11.5 Å². The fourth-order valence-electron chi connectivity index (χ4n) is 2.77. The Bertz CT molecular complexity index is 1020. The van der Waals surface area contributed by atoms with Crippen molar-refractivity contribution in [1.82, 2.24) is 4.57 Å². The second-order valence-electron chi connectivity index (χ2n) is 5.57. The normalized spacial score (nSPS) is 10.8. The quantitative estimate of drug-likeness (QED) is 0.749. The number of thiophene rings is 1. The van der Waals surface area contributed by atoms with Crippen LogP contribution in [-0.2, 0) is 6.54 Å². The van der Waals surface area contributed by atoms with Crippen molar-refractivity contribution in [3.63, 3.8) is 0 Å². The molecule has 0 aliphatic rings. The Balaban J connectivity index is 2.12. The van der Waals surface area contributed by atoms with Gasteiger partial charge >= 0.3 is 0 Å². The van der Waals surface area contributed by atoms with Crippen LogP contribution in [0.2, 0.25) is 0 Å². The third-order valence-electron chi connectivity index (χ3n) is 3.99. The summed E-state index contributed by atoms with van der Waals surface area (Å²) in [7, 11) is 1.50. The van der Waals surface area contributed by atoms with Crippen molar-refractivity contribution in [3.05, 3.63) is 51.1 Å². The average Bonchev–Trinajstić information content (AvgIpc) is 3.05. The van der Waals surface area contributed by atoms with Gasteiger partial charge in [-0.15, -0.1) is 11.3 Å². The number of pyridine rings is 1. The van der Waals surface area contributed by atoms with Gasteiger partial charge in [0.15, 0.2) is 5.75 Å². The number of benzene rings is 1. The maximum Gasteiger partial charge on any atom is 0.267 e. The van der Waals surface area contributed by atoms with Gasteiger partial charge < -0.3 is 19.7 Å². The Labute approximate surface area is 148 Å². The lowest BCUT2D eigenvalue weighted by Crippen LogP contribution is -2.29. The van der Waals surface area contributed by atoms with E-state index in [1.165, 1.54) is 23.0 Å². The van der Waals surface area contributed by atoms with Gasteiger partial charge in [-0.05, 0) is 43.0 Å². The number of fused-ring (bicyclic) bond motifs is 1. The molecule has 0 aliphatic heterocycles. The van der Waals surface area contributed by atoms with Crippen molar-refractivity contribution < 1.29 is 14.6 Å². The zero-order valence-corrected chi connectivity index (χ0v) is 14.9. The molecule has 3 rings (SSSR count). The molecule has 0 radical (unpaired) electrons. The molecule has 0 saturated heterocycles. The minimum absolute atomic E-state index is 0.264. The summed E-state index contributed by atoms with van der Waals surface area (Å²) in [5.41, 5.74) is 1.22. The van der Waals surface area contributed by atoms with E-state index in [9.17, 15) is 14.7 Å². The number of hydrogen-bond donors (Lipinski definition) is 2. The number of rotatable bonds is 4. The molecule has 1 aromatic carbocycles. The lowest BCUT2D eigenvalue weighted by atomic mass is 10.1. The topological polar surface area (TPSA) is 80.6 Å². The van der Waals surface area contributed by atoms with E-state index in [0.717, 1.165) is 5.56 Å². The number of aromatic hydroxyl groups is 1. The van der Waals surface area contributed by atoms with E-state index in [1.807, 2.05) is 19.9 Å². The molecule has 25 heavy (non-hydrogen) atoms. The maximum absolute atomic E-state index is 12.7. The summed E-state index contributed by atoms with van der Waals surface area (Å²) < 4.78 is 7.24. The zero-order chi connectivity index (χ0) is 18.1. The van der Waals surface area contributed by atoms with Crippen LogP contribution in [0.3, 0.4) is 0 Å². The van der Waals surface area contributed by atoms with Crippen molar-refractivity contribution in [1.29, 1.82) is 0 Å². The van der Waals surface area contributed by atoms with Gasteiger partial charge in [0.1, 0.15) is 11.3 Å². The molecule has 7 heteroatoms. The molecule has 3 aromatic rings. The Kier molecular flexibility index (Phi) is 4.50. The number of carbonyl (C=O) groups excluding carboxylic acids is 1. The highest BCUT2D eigenvalue weighted by molar-refractivity contribution is 7.17. The molecule has 0 spiro atoms. The molecule has 0 atom stereocenters. The summed E-state index contributed by atoms with van der Waals surface area (Å²) in [6.45, 7) is 4.11. The first-order chi connectivity index (χ1) is 12.0. The Morgan fingerprint density at radius 1 is 1.36 bits per heavy atom. The molecule has 2 N–H and O–H groups in total. The number of aromatic nitrogens is 1. The van der Waals surface area contributed by atoms with Gasteiger partial charge in [-0.2, -0.15) is 0 Å². The van der Waals surface area contributed by atoms with Crippen LogP contribution in [0.15, 0.2) is 34.4 Å². The summed E-state index contributed by atoms with van der Waals surface area (Å²) in [6, 6.07) is 7.09. The lowest BCUT2D eigenvalue weighted by molar-refractivity contribution is 0.102. The Hall–Kier alpha value is -2.80. The second kappa shape index (κ2) is 6.60. The molecule has 0 saturated carbocycles. The summed E-state index contributed by atoms with van der Waals surface area (Å²) in [5, 5.41) is 14.9. The van der Waals surface area contributed by atoms with E-state index in [4.69, 9.17) is 4.74 Å². The molecule has 1 amide bonds. The van der Waals surface area contributed by atoms with Gasteiger partial charge in [0.2, 0.25) is 0 Å². The predicted octanol–water partition coefficient (Wildman–Crippen LogP) is 3.36. The van der Waals surface area contributed by atoms with Crippen LogP contribution in [0.25, 0.3) is 10.2 Å². The van der Waals surface area contributed by atoms with Gasteiger partial charge in [-0.25, -0.2) is 0 Å².